The van der Waals surface area contributed by atoms with Crippen molar-refractivity contribution < 1.29 is 19.0 Å². The molecule has 45 heavy (non-hydrogen) atoms. The molecule has 0 bridgehead atoms. The number of aromatic nitrogens is 2. The second-order valence-electron chi connectivity index (χ2n) is 13.4. The van der Waals surface area contributed by atoms with Gasteiger partial charge in [0.15, 0.2) is 6.29 Å². The molecule has 0 amide bonds. The van der Waals surface area contributed by atoms with Crippen LogP contribution in [0.15, 0.2) is 54.9 Å². The third-order valence-corrected chi connectivity index (χ3v) is 10.4. The predicted molar refractivity (Wildman–Crippen MR) is 174 cm³/mol. The van der Waals surface area contributed by atoms with E-state index in [4.69, 9.17) is 14.2 Å². The Bertz CT molecular complexity index is 1680. The molecule has 2 aromatic heterocycles. The normalized spacial score (nSPS) is 20.2. The molecular formula is C36H41N5O4. The van der Waals surface area contributed by atoms with Gasteiger partial charge in [-0.1, -0.05) is 0 Å². The first-order valence-corrected chi connectivity index (χ1v) is 16.2. The van der Waals surface area contributed by atoms with Crippen LogP contribution in [0, 0.1) is 5.41 Å². The van der Waals surface area contributed by atoms with Crippen LogP contribution in [0.2, 0.25) is 0 Å². The summed E-state index contributed by atoms with van der Waals surface area (Å²) in [5.41, 5.74) is 5.39. The summed E-state index contributed by atoms with van der Waals surface area (Å²) in [5.74, 6) is 3.74. The predicted octanol–water partition coefficient (Wildman–Crippen LogP) is 5.85. The summed E-state index contributed by atoms with van der Waals surface area (Å²) in [6, 6.07) is 14.9. The fourth-order valence-corrected chi connectivity index (χ4v) is 7.81. The van der Waals surface area contributed by atoms with Crippen molar-refractivity contribution in [3.63, 3.8) is 0 Å². The monoisotopic (exact) mass is 607 g/mol. The minimum Gasteiger partial charge on any atom is -0.496 e. The zero-order valence-corrected chi connectivity index (χ0v) is 26.1. The molecule has 9 nitrogen and oxygen atoms in total. The summed E-state index contributed by atoms with van der Waals surface area (Å²) >= 11 is 0. The smallest absolute Gasteiger partial charge is 0.153 e. The fraction of sp³-hybridized carbons (Fsp3) is 0.444. The van der Waals surface area contributed by atoms with Crippen LogP contribution in [0.25, 0.3) is 11.0 Å². The maximum Gasteiger partial charge on any atom is 0.153 e. The highest BCUT2D eigenvalue weighted by molar-refractivity contribution is 5.82. The number of anilines is 1. The number of nitrogens with one attached hydrogen (secondary N) is 1. The minimum absolute atomic E-state index is 0.409. The van der Waals surface area contributed by atoms with E-state index in [0.29, 0.717) is 34.4 Å². The van der Waals surface area contributed by atoms with E-state index < -0.39 is 0 Å². The summed E-state index contributed by atoms with van der Waals surface area (Å²) < 4.78 is 17.7. The highest BCUT2D eigenvalue weighted by atomic mass is 16.5. The van der Waals surface area contributed by atoms with Crippen LogP contribution in [-0.2, 0) is 6.54 Å². The first-order chi connectivity index (χ1) is 22.0. The SMILES string of the molecule is COc1cc(CN2CCN(C3CC4(C3)CN(c3ccc(C=O)c(Oc5cnc6[nH]ccc6c5)c3)C4)CC2)cc(OC)c1C1CC1. The van der Waals surface area contributed by atoms with E-state index in [9.17, 15) is 4.79 Å². The van der Waals surface area contributed by atoms with Gasteiger partial charge >= 0.3 is 0 Å². The van der Waals surface area contributed by atoms with Crippen molar-refractivity contribution >= 4 is 23.0 Å². The van der Waals surface area contributed by atoms with Crippen molar-refractivity contribution in [3.05, 3.63) is 71.5 Å². The molecular weight excluding hydrogens is 566 g/mol. The molecule has 2 saturated carbocycles. The number of carbonyl (C=O) groups excluding carboxylic acids is 1. The Morgan fingerprint density at radius 1 is 0.956 bits per heavy atom. The molecule has 2 aromatic carbocycles. The summed E-state index contributed by atoms with van der Waals surface area (Å²) in [6.45, 7) is 7.46. The van der Waals surface area contributed by atoms with Gasteiger partial charge in [0.1, 0.15) is 28.6 Å². The molecule has 234 valence electrons. The lowest BCUT2D eigenvalue weighted by Crippen LogP contribution is -2.68. The van der Waals surface area contributed by atoms with E-state index in [0.717, 1.165) is 80.3 Å². The van der Waals surface area contributed by atoms with E-state index in [-0.39, 0.29) is 0 Å². The van der Waals surface area contributed by atoms with Crippen molar-refractivity contribution in [3.8, 4) is 23.0 Å². The highest BCUT2D eigenvalue weighted by Crippen LogP contribution is 2.52. The lowest BCUT2D eigenvalue weighted by atomic mass is 9.60. The minimum atomic E-state index is 0.409. The Kier molecular flexibility index (Phi) is 7.18. The van der Waals surface area contributed by atoms with Crippen LogP contribution in [0.5, 0.6) is 23.0 Å². The van der Waals surface area contributed by atoms with Crippen molar-refractivity contribution in [2.45, 2.75) is 44.2 Å². The molecule has 4 aliphatic rings. The molecule has 4 fully saturated rings. The van der Waals surface area contributed by atoms with Crippen molar-refractivity contribution in [2.75, 3.05) is 58.4 Å². The number of rotatable bonds is 10. The van der Waals surface area contributed by atoms with Crippen LogP contribution in [0.1, 0.15) is 53.1 Å². The highest BCUT2D eigenvalue weighted by Gasteiger charge is 2.54. The number of hydrogen-bond acceptors (Lipinski definition) is 8. The van der Waals surface area contributed by atoms with Gasteiger partial charge < -0.3 is 24.1 Å². The first-order valence-electron chi connectivity index (χ1n) is 16.2. The number of pyridine rings is 1. The number of ether oxygens (including phenoxy) is 3. The maximum atomic E-state index is 11.8. The molecule has 1 N–H and O–H groups in total. The number of aromatic amines is 1. The van der Waals surface area contributed by atoms with Crippen molar-refractivity contribution in [1.29, 1.82) is 0 Å². The van der Waals surface area contributed by atoms with Gasteiger partial charge in [-0.2, -0.15) is 0 Å². The molecule has 2 aliphatic carbocycles. The summed E-state index contributed by atoms with van der Waals surface area (Å²) in [5, 5.41) is 0.974. The van der Waals surface area contributed by atoms with Gasteiger partial charge in [0, 0.05) is 86.2 Å². The second-order valence-corrected chi connectivity index (χ2v) is 13.4. The van der Waals surface area contributed by atoms with Gasteiger partial charge in [-0.05, 0) is 73.6 Å². The van der Waals surface area contributed by atoms with Gasteiger partial charge in [-0.25, -0.2) is 4.98 Å². The first kappa shape index (κ1) is 28.4. The van der Waals surface area contributed by atoms with Gasteiger partial charge in [0.2, 0.25) is 0 Å². The summed E-state index contributed by atoms with van der Waals surface area (Å²) in [4.78, 5) is 27.0. The lowest BCUT2D eigenvalue weighted by Gasteiger charge is -2.62. The average Bonchev–Trinajstić information content (AvgIpc) is 3.76. The zero-order valence-electron chi connectivity index (χ0n) is 26.1. The Labute approximate surface area is 264 Å². The van der Waals surface area contributed by atoms with E-state index in [1.807, 2.05) is 36.5 Å². The molecule has 0 radical (unpaired) electrons. The van der Waals surface area contributed by atoms with Crippen LogP contribution < -0.4 is 19.1 Å². The average molecular weight is 608 g/mol. The molecule has 0 unspecified atom stereocenters. The molecule has 4 heterocycles. The number of H-pyrrole nitrogens is 1. The number of hydrogen-bond donors (Lipinski definition) is 1. The molecule has 4 aromatic rings. The van der Waals surface area contributed by atoms with Gasteiger partial charge in [0.05, 0.1) is 26.0 Å². The number of fused-ring (bicyclic) bond motifs is 1. The Morgan fingerprint density at radius 3 is 2.40 bits per heavy atom. The van der Waals surface area contributed by atoms with E-state index in [1.54, 1.807) is 20.4 Å². The van der Waals surface area contributed by atoms with Crippen LogP contribution in [0.4, 0.5) is 5.69 Å². The fourth-order valence-electron chi connectivity index (χ4n) is 7.81. The Balaban J connectivity index is 0.839. The number of benzene rings is 2. The molecule has 8 rings (SSSR count). The Hall–Kier alpha value is -4.08. The topological polar surface area (TPSA) is 83.2 Å². The Morgan fingerprint density at radius 2 is 1.71 bits per heavy atom. The second kappa shape index (κ2) is 11.4. The summed E-state index contributed by atoms with van der Waals surface area (Å²) in [6.07, 6.45) is 9.38. The molecule has 9 heteroatoms. The third-order valence-electron chi connectivity index (χ3n) is 10.4. The number of aldehydes is 1. The van der Waals surface area contributed by atoms with E-state index in [2.05, 4.69) is 36.8 Å². The lowest BCUT2D eigenvalue weighted by molar-refractivity contribution is -0.0380. The van der Waals surface area contributed by atoms with Crippen LogP contribution >= 0.6 is 0 Å². The summed E-state index contributed by atoms with van der Waals surface area (Å²) in [7, 11) is 3.55. The number of methoxy groups -OCH3 is 2. The molecule has 1 spiro atoms. The molecule has 2 saturated heterocycles. The van der Waals surface area contributed by atoms with Gasteiger partial charge in [0.25, 0.3) is 0 Å². The van der Waals surface area contributed by atoms with Gasteiger partial charge in [-0.15, -0.1) is 0 Å². The van der Waals surface area contributed by atoms with E-state index >= 15 is 0 Å². The zero-order chi connectivity index (χ0) is 30.5. The van der Waals surface area contributed by atoms with Crippen molar-refractivity contribution in [2.24, 2.45) is 5.41 Å². The number of piperazine rings is 1. The number of nitrogens with zero attached hydrogens (tertiary/aromatic N) is 4. The standard InChI is InChI=1S/C36H41N5O4/c1-43-32-13-24(14-33(44-2)34(32)25-3-4-25)20-39-9-11-40(12-10-39)29-17-36(18-29)22-41(23-36)28-6-5-27(21-42)31(16-28)45-30-15-26-7-8-37-35(26)38-19-30/h5-8,13-16,19,21,25,29H,3-4,9-12,17-18,20,22-23H2,1-2H3,(H,37,38). The van der Waals surface area contributed by atoms with Crippen LogP contribution in [0.3, 0.4) is 0 Å². The van der Waals surface area contributed by atoms with Crippen LogP contribution in [-0.4, -0.2) is 85.6 Å². The maximum absolute atomic E-state index is 11.8. The number of carbonyl (C=O) groups is 1. The largest absolute Gasteiger partial charge is 0.496 e. The third kappa shape index (κ3) is 5.42. The quantitative estimate of drug-likeness (QED) is 0.225. The van der Waals surface area contributed by atoms with E-state index in [1.165, 1.54) is 36.8 Å². The molecule has 2 aliphatic heterocycles. The van der Waals surface area contributed by atoms with Gasteiger partial charge in [-0.3, -0.25) is 14.6 Å². The molecule has 0 atom stereocenters. The van der Waals surface area contributed by atoms with Crippen molar-refractivity contribution in [1.82, 2.24) is 19.8 Å².